The number of halogens is 2. The molecule has 3 aromatic carbocycles. The lowest BCUT2D eigenvalue weighted by Gasteiger charge is -2.20. The number of likely N-dealkylation sites (tertiary alicyclic amines) is 1. The van der Waals surface area contributed by atoms with Crippen molar-refractivity contribution in [2.75, 3.05) is 26.7 Å². The van der Waals surface area contributed by atoms with Gasteiger partial charge in [0.25, 0.3) is 5.91 Å². The number of hydrogen-bond acceptors (Lipinski definition) is 3. The summed E-state index contributed by atoms with van der Waals surface area (Å²) in [6, 6.07) is 18.1. The molecule has 1 amide bonds. The van der Waals surface area contributed by atoms with E-state index in [1.165, 1.54) is 24.3 Å². The highest BCUT2D eigenvalue weighted by atomic mass is 19.1. The molecular formula is C27H31F2N3O. The van der Waals surface area contributed by atoms with Crippen LogP contribution in [0.15, 0.2) is 66.7 Å². The number of carbonyl (C=O) groups excluding carboxylic acids is 1. The topological polar surface area (TPSA) is 58.4 Å². The number of likely N-dealkylation sites (N-methyl/N-ethyl adjacent to an activating group) is 1. The van der Waals surface area contributed by atoms with Crippen LogP contribution in [0.1, 0.15) is 24.2 Å². The van der Waals surface area contributed by atoms with Gasteiger partial charge in [-0.2, -0.15) is 0 Å². The van der Waals surface area contributed by atoms with Crippen LogP contribution in [0, 0.1) is 17.6 Å². The number of amides is 1. The minimum atomic E-state index is -0.321. The van der Waals surface area contributed by atoms with E-state index in [0.29, 0.717) is 24.6 Å². The highest BCUT2D eigenvalue weighted by Crippen LogP contribution is 2.29. The van der Waals surface area contributed by atoms with Gasteiger partial charge in [-0.3, -0.25) is 4.79 Å². The normalized spacial score (nSPS) is 18.1. The van der Waals surface area contributed by atoms with Crippen molar-refractivity contribution < 1.29 is 13.6 Å². The second-order valence-electron chi connectivity index (χ2n) is 8.45. The van der Waals surface area contributed by atoms with Crippen LogP contribution in [0.3, 0.4) is 0 Å². The first-order chi connectivity index (χ1) is 15.4. The minimum Gasteiger partial charge on any atom is -0.350 e. The van der Waals surface area contributed by atoms with Gasteiger partial charge >= 0.3 is 0 Å². The molecule has 0 bridgehead atoms. The zero-order valence-corrected chi connectivity index (χ0v) is 18.0. The molecule has 0 spiro atoms. The Balaban J connectivity index is 0.00000306. The van der Waals surface area contributed by atoms with Crippen LogP contribution in [0.25, 0.3) is 22.3 Å². The molecule has 1 fully saturated rings. The molecule has 2 atom stereocenters. The zero-order valence-electron chi connectivity index (χ0n) is 18.0. The quantitative estimate of drug-likeness (QED) is 0.558. The Morgan fingerprint density at radius 2 is 1.45 bits per heavy atom. The van der Waals surface area contributed by atoms with E-state index in [-0.39, 0.29) is 31.0 Å². The smallest absolute Gasteiger partial charge is 0.251 e. The largest absolute Gasteiger partial charge is 0.350 e. The van der Waals surface area contributed by atoms with Crippen molar-refractivity contribution in [3.63, 3.8) is 0 Å². The second-order valence-corrected chi connectivity index (χ2v) is 8.45. The Hall–Kier alpha value is -3.09. The third-order valence-electron chi connectivity index (χ3n) is 6.16. The Bertz CT molecular complexity index is 1020. The molecule has 4 rings (SSSR count). The summed E-state index contributed by atoms with van der Waals surface area (Å²) in [5, 5.41) is 3.05. The lowest BCUT2D eigenvalue weighted by Crippen LogP contribution is -2.38. The fourth-order valence-corrected chi connectivity index (χ4v) is 4.29. The van der Waals surface area contributed by atoms with Crippen LogP contribution < -0.4 is 11.1 Å². The molecule has 4 nitrogen and oxygen atoms in total. The third kappa shape index (κ3) is 5.83. The van der Waals surface area contributed by atoms with E-state index >= 15 is 0 Å². The molecule has 0 saturated carbocycles. The van der Waals surface area contributed by atoms with Crippen molar-refractivity contribution in [2.24, 2.45) is 11.7 Å². The van der Waals surface area contributed by atoms with Gasteiger partial charge in [0.1, 0.15) is 11.6 Å². The van der Waals surface area contributed by atoms with Crippen LogP contribution in [-0.4, -0.2) is 43.5 Å². The van der Waals surface area contributed by atoms with Crippen LogP contribution in [0.5, 0.6) is 0 Å². The summed E-state index contributed by atoms with van der Waals surface area (Å²) in [5.41, 5.74) is 9.48. The van der Waals surface area contributed by atoms with Crippen LogP contribution >= 0.6 is 0 Å². The second kappa shape index (κ2) is 10.7. The highest BCUT2D eigenvalue weighted by Gasteiger charge is 2.28. The zero-order chi connectivity index (χ0) is 22.7. The average molecular weight is 452 g/mol. The van der Waals surface area contributed by atoms with Crippen molar-refractivity contribution in [2.45, 2.75) is 19.9 Å². The fraction of sp³-hybridized carbons (Fsp3) is 0.296. The van der Waals surface area contributed by atoms with E-state index in [0.717, 1.165) is 35.2 Å². The van der Waals surface area contributed by atoms with Crippen LogP contribution in [0.2, 0.25) is 0 Å². The molecule has 3 N–H and O–H groups in total. The lowest BCUT2D eigenvalue weighted by molar-refractivity contribution is 0.0943. The number of carbonyl (C=O) groups is 1. The van der Waals surface area contributed by atoms with Gasteiger partial charge in [-0.15, -0.1) is 0 Å². The molecule has 1 heterocycles. The highest BCUT2D eigenvalue weighted by molar-refractivity contribution is 5.97. The number of hydrogen-bond donors (Lipinski definition) is 2. The number of benzene rings is 3. The first-order valence-corrected chi connectivity index (χ1v) is 10.8. The molecule has 0 radical (unpaired) electrons. The summed E-state index contributed by atoms with van der Waals surface area (Å²) < 4.78 is 26.8. The molecule has 3 aromatic rings. The van der Waals surface area contributed by atoms with Gasteiger partial charge < -0.3 is 16.0 Å². The number of nitrogens with zero attached hydrogens (tertiary/aromatic N) is 1. The van der Waals surface area contributed by atoms with Gasteiger partial charge in [-0.25, -0.2) is 8.78 Å². The van der Waals surface area contributed by atoms with Gasteiger partial charge in [0.2, 0.25) is 0 Å². The lowest BCUT2D eigenvalue weighted by atomic mass is 9.95. The van der Waals surface area contributed by atoms with Crippen molar-refractivity contribution >= 4 is 5.91 Å². The molecule has 0 unspecified atom stereocenters. The molecule has 1 aliphatic heterocycles. The summed E-state index contributed by atoms with van der Waals surface area (Å²) in [7, 11) is 2.05. The van der Waals surface area contributed by atoms with E-state index in [1.54, 1.807) is 36.4 Å². The maximum Gasteiger partial charge on any atom is 0.251 e. The predicted octanol–water partition coefficient (Wildman–Crippen LogP) is 4.94. The van der Waals surface area contributed by atoms with Crippen LogP contribution in [-0.2, 0) is 0 Å². The van der Waals surface area contributed by atoms with Gasteiger partial charge in [-0.1, -0.05) is 31.7 Å². The summed E-state index contributed by atoms with van der Waals surface area (Å²) in [4.78, 5) is 15.3. The summed E-state index contributed by atoms with van der Waals surface area (Å²) in [5.74, 6) is -0.369. The maximum atomic E-state index is 13.4. The van der Waals surface area contributed by atoms with E-state index in [2.05, 4.69) is 10.2 Å². The Labute approximate surface area is 194 Å². The molecule has 174 valence electrons. The summed E-state index contributed by atoms with van der Waals surface area (Å²) in [6.45, 7) is 2.12. The molecule has 6 heteroatoms. The minimum absolute atomic E-state index is 0. The van der Waals surface area contributed by atoms with E-state index in [1.807, 2.05) is 13.1 Å². The van der Waals surface area contributed by atoms with Gasteiger partial charge in [0.05, 0.1) is 0 Å². The Morgan fingerprint density at radius 3 is 1.91 bits per heavy atom. The molecule has 1 saturated heterocycles. The molecule has 0 aromatic heterocycles. The number of rotatable bonds is 6. The molecular weight excluding hydrogens is 420 g/mol. The monoisotopic (exact) mass is 451 g/mol. The molecule has 1 aliphatic rings. The SMILES string of the molecule is C.CN1C[C@H](CN)C[C@H]1CNC(=O)c1cc(-c2ccc(F)cc2)cc(-c2ccc(F)cc2)c1. The van der Waals surface area contributed by atoms with E-state index in [4.69, 9.17) is 5.73 Å². The summed E-state index contributed by atoms with van der Waals surface area (Å²) in [6.07, 6.45) is 0.962. The van der Waals surface area contributed by atoms with Crippen molar-refractivity contribution in [1.82, 2.24) is 10.2 Å². The van der Waals surface area contributed by atoms with Crippen molar-refractivity contribution in [3.8, 4) is 22.3 Å². The van der Waals surface area contributed by atoms with Gasteiger partial charge in [0, 0.05) is 24.7 Å². The predicted molar refractivity (Wildman–Crippen MR) is 130 cm³/mol. The van der Waals surface area contributed by atoms with E-state index in [9.17, 15) is 13.6 Å². The van der Waals surface area contributed by atoms with Crippen molar-refractivity contribution in [1.29, 1.82) is 0 Å². The van der Waals surface area contributed by atoms with Crippen LogP contribution in [0.4, 0.5) is 8.78 Å². The third-order valence-corrected chi connectivity index (χ3v) is 6.16. The van der Waals surface area contributed by atoms with Crippen molar-refractivity contribution in [3.05, 3.63) is 83.9 Å². The summed E-state index contributed by atoms with van der Waals surface area (Å²) >= 11 is 0. The molecule has 0 aliphatic carbocycles. The average Bonchev–Trinajstić information content (AvgIpc) is 3.17. The Kier molecular flexibility index (Phi) is 7.95. The first-order valence-electron chi connectivity index (χ1n) is 10.8. The standard InChI is InChI=1S/C26H27F2N3O.CH4/c1-31-16-17(14-29)10-25(31)15-30-26(32)22-12-20(18-2-6-23(27)7-3-18)11-21(13-22)19-4-8-24(28)9-5-19;/h2-9,11-13,17,25H,10,14-16,29H2,1H3,(H,30,32);1H4/t17-,25-;/m0./s1. The van der Waals surface area contributed by atoms with Gasteiger partial charge in [-0.05, 0) is 90.6 Å². The van der Waals surface area contributed by atoms with E-state index < -0.39 is 0 Å². The van der Waals surface area contributed by atoms with Gasteiger partial charge in [0.15, 0.2) is 0 Å². The Morgan fingerprint density at radius 1 is 0.939 bits per heavy atom. The first kappa shape index (κ1) is 24.6. The molecule has 33 heavy (non-hydrogen) atoms. The number of nitrogens with two attached hydrogens (primary N) is 1. The number of nitrogens with one attached hydrogen (secondary N) is 1. The maximum absolute atomic E-state index is 13.4. The fourth-order valence-electron chi connectivity index (χ4n) is 4.29.